The fraction of sp³-hybridized carbons (Fsp3) is 0.412. The molecule has 2 unspecified atom stereocenters. The van der Waals surface area contributed by atoms with E-state index in [1.807, 2.05) is 31.2 Å². The summed E-state index contributed by atoms with van der Waals surface area (Å²) in [5, 5.41) is 3.27. The number of nitrogens with zero attached hydrogens (tertiary/aromatic N) is 3. The number of nitrogens with one attached hydrogen (secondary N) is 1. The second-order valence-electron chi connectivity index (χ2n) is 5.74. The molecule has 3 rings (SSSR count). The number of aromatic nitrogens is 3. The van der Waals surface area contributed by atoms with Crippen molar-refractivity contribution in [3.05, 3.63) is 36.2 Å². The Bertz CT molecular complexity index is 707. The summed E-state index contributed by atoms with van der Waals surface area (Å²) < 4.78 is 5.62. The molecule has 0 spiro atoms. The van der Waals surface area contributed by atoms with Gasteiger partial charge in [-0.1, -0.05) is 13.0 Å². The second-order valence-corrected chi connectivity index (χ2v) is 5.74. The lowest BCUT2D eigenvalue weighted by Crippen LogP contribution is -2.30. The number of carbonyl (C=O) groups is 1. The summed E-state index contributed by atoms with van der Waals surface area (Å²) in [6, 6.07) is 7.58. The van der Waals surface area contributed by atoms with Crippen LogP contribution < -0.4 is 11.1 Å². The molecule has 126 valence electrons. The molecule has 0 aliphatic carbocycles. The van der Waals surface area contributed by atoms with Crippen molar-refractivity contribution in [2.45, 2.75) is 38.4 Å². The van der Waals surface area contributed by atoms with E-state index in [2.05, 4.69) is 20.3 Å². The van der Waals surface area contributed by atoms with Crippen molar-refractivity contribution in [1.82, 2.24) is 15.0 Å². The molecule has 3 heterocycles. The van der Waals surface area contributed by atoms with Crippen molar-refractivity contribution in [2.24, 2.45) is 5.73 Å². The van der Waals surface area contributed by atoms with Crippen molar-refractivity contribution in [3.8, 4) is 11.5 Å². The van der Waals surface area contributed by atoms with Crippen LogP contribution in [-0.2, 0) is 16.0 Å². The molecule has 7 heteroatoms. The molecule has 2 aromatic heterocycles. The van der Waals surface area contributed by atoms with Crippen molar-refractivity contribution < 1.29 is 9.53 Å². The van der Waals surface area contributed by atoms with E-state index in [0.717, 1.165) is 30.0 Å². The minimum atomic E-state index is -0.475. The van der Waals surface area contributed by atoms with E-state index in [4.69, 9.17) is 10.5 Å². The highest BCUT2D eigenvalue weighted by Crippen LogP contribution is 2.21. The van der Waals surface area contributed by atoms with Gasteiger partial charge in [0.2, 0.25) is 5.91 Å². The number of amides is 1. The van der Waals surface area contributed by atoms with Crippen LogP contribution in [0, 0.1) is 0 Å². The van der Waals surface area contributed by atoms with Crippen LogP contribution in [0.25, 0.3) is 11.5 Å². The molecule has 2 aromatic rings. The first-order valence-corrected chi connectivity index (χ1v) is 8.13. The van der Waals surface area contributed by atoms with Crippen LogP contribution in [0.2, 0.25) is 0 Å². The summed E-state index contributed by atoms with van der Waals surface area (Å²) in [5.41, 5.74) is 6.96. The number of nitrogens with two attached hydrogens (primary N) is 1. The molecular formula is C17H21N5O2. The zero-order valence-corrected chi connectivity index (χ0v) is 13.6. The molecule has 1 aliphatic rings. The quantitative estimate of drug-likeness (QED) is 0.834. The van der Waals surface area contributed by atoms with E-state index in [-0.39, 0.29) is 6.10 Å². The maximum Gasteiger partial charge on any atom is 0.246 e. The summed E-state index contributed by atoms with van der Waals surface area (Å²) in [7, 11) is 0. The predicted molar refractivity (Wildman–Crippen MR) is 90.2 cm³/mol. The van der Waals surface area contributed by atoms with Crippen molar-refractivity contribution in [1.29, 1.82) is 0 Å². The van der Waals surface area contributed by atoms with Gasteiger partial charge in [-0.2, -0.15) is 0 Å². The summed E-state index contributed by atoms with van der Waals surface area (Å²) >= 11 is 0. The Kier molecular flexibility index (Phi) is 5.00. The Hall–Kier alpha value is -2.54. The third-order valence-corrected chi connectivity index (χ3v) is 3.97. The topological polar surface area (TPSA) is 103 Å². The molecule has 1 saturated heterocycles. The van der Waals surface area contributed by atoms with E-state index in [1.54, 1.807) is 6.20 Å². The monoisotopic (exact) mass is 327 g/mol. The lowest BCUT2D eigenvalue weighted by Gasteiger charge is -2.14. The highest BCUT2D eigenvalue weighted by molar-refractivity contribution is 5.79. The summed E-state index contributed by atoms with van der Waals surface area (Å²) in [6.07, 6.45) is 3.49. The first-order chi connectivity index (χ1) is 11.7. The molecule has 1 aliphatic heterocycles. The molecule has 0 aromatic carbocycles. The summed E-state index contributed by atoms with van der Waals surface area (Å²) in [4.78, 5) is 24.5. The van der Waals surface area contributed by atoms with Gasteiger partial charge in [-0.25, -0.2) is 9.97 Å². The molecular weight excluding hydrogens is 306 g/mol. The number of anilines is 1. The van der Waals surface area contributed by atoms with Crippen molar-refractivity contribution in [3.63, 3.8) is 0 Å². The van der Waals surface area contributed by atoms with Gasteiger partial charge >= 0.3 is 0 Å². The van der Waals surface area contributed by atoms with E-state index >= 15 is 0 Å². The first-order valence-electron chi connectivity index (χ1n) is 8.13. The van der Waals surface area contributed by atoms with Gasteiger partial charge in [0.25, 0.3) is 0 Å². The van der Waals surface area contributed by atoms with Gasteiger partial charge in [-0.3, -0.25) is 9.78 Å². The molecule has 24 heavy (non-hydrogen) atoms. The molecule has 1 amide bonds. The van der Waals surface area contributed by atoms with Gasteiger partial charge in [-0.05, 0) is 31.4 Å². The zero-order chi connectivity index (χ0) is 16.9. The zero-order valence-electron chi connectivity index (χ0n) is 13.6. The number of pyridine rings is 1. The Morgan fingerprint density at radius 3 is 2.92 bits per heavy atom. The molecule has 0 saturated carbocycles. The summed E-state index contributed by atoms with van der Waals surface area (Å²) in [5.74, 6) is 0.929. The van der Waals surface area contributed by atoms with Gasteiger partial charge < -0.3 is 15.8 Å². The largest absolute Gasteiger partial charge is 0.367 e. The maximum absolute atomic E-state index is 11.2. The minimum Gasteiger partial charge on any atom is -0.367 e. The number of ether oxygens (including phenoxy) is 1. The molecule has 3 N–H and O–H groups in total. The van der Waals surface area contributed by atoms with Crippen LogP contribution >= 0.6 is 0 Å². The Morgan fingerprint density at radius 2 is 2.25 bits per heavy atom. The highest BCUT2D eigenvalue weighted by Gasteiger charge is 2.28. The smallest absolute Gasteiger partial charge is 0.246 e. The third kappa shape index (κ3) is 3.86. The average molecular weight is 327 g/mol. The average Bonchev–Trinajstić information content (AvgIpc) is 3.10. The van der Waals surface area contributed by atoms with Crippen LogP contribution in [-0.4, -0.2) is 39.6 Å². The standard InChI is InChI=1S/C17H21N5O2/c1-2-11-9-15(20-10-12-6-7-14(24-12)16(18)23)22-17(21-11)13-5-3-4-8-19-13/h3-5,8-9,12,14H,2,6-7,10H2,1H3,(H2,18,23)(H,20,21,22). The second kappa shape index (κ2) is 7.35. The number of primary amides is 1. The Labute approximate surface area is 140 Å². The third-order valence-electron chi connectivity index (χ3n) is 3.97. The van der Waals surface area contributed by atoms with Gasteiger partial charge in [-0.15, -0.1) is 0 Å². The van der Waals surface area contributed by atoms with Crippen molar-refractivity contribution in [2.75, 3.05) is 11.9 Å². The van der Waals surface area contributed by atoms with Gasteiger partial charge in [0.1, 0.15) is 17.6 Å². The van der Waals surface area contributed by atoms with Gasteiger partial charge in [0.05, 0.1) is 6.10 Å². The lowest BCUT2D eigenvalue weighted by atomic mass is 10.2. The number of hydrogen-bond donors (Lipinski definition) is 2. The van der Waals surface area contributed by atoms with Gasteiger partial charge in [0, 0.05) is 24.5 Å². The van der Waals surface area contributed by atoms with Crippen LogP contribution in [0.1, 0.15) is 25.5 Å². The fourth-order valence-corrected chi connectivity index (χ4v) is 2.66. The Balaban J connectivity index is 1.70. The Morgan fingerprint density at radius 1 is 1.38 bits per heavy atom. The fourth-order valence-electron chi connectivity index (χ4n) is 2.66. The predicted octanol–water partition coefficient (Wildman–Crippen LogP) is 1.55. The summed E-state index contributed by atoms with van der Waals surface area (Å²) in [6.45, 7) is 2.62. The van der Waals surface area contributed by atoms with Crippen LogP contribution in [0.4, 0.5) is 5.82 Å². The normalized spacial score (nSPS) is 20.0. The van der Waals surface area contributed by atoms with Crippen LogP contribution in [0.5, 0.6) is 0 Å². The van der Waals surface area contributed by atoms with Crippen molar-refractivity contribution >= 4 is 11.7 Å². The molecule has 7 nitrogen and oxygen atoms in total. The highest BCUT2D eigenvalue weighted by atomic mass is 16.5. The van der Waals surface area contributed by atoms with Crippen LogP contribution in [0.3, 0.4) is 0 Å². The van der Waals surface area contributed by atoms with E-state index in [0.29, 0.717) is 18.8 Å². The molecule has 0 radical (unpaired) electrons. The van der Waals surface area contributed by atoms with Gasteiger partial charge in [0.15, 0.2) is 5.82 Å². The molecule has 1 fully saturated rings. The van der Waals surface area contributed by atoms with E-state index in [1.165, 1.54) is 0 Å². The SMILES string of the molecule is CCc1cc(NCC2CCC(C(N)=O)O2)nc(-c2ccccn2)n1. The van der Waals surface area contributed by atoms with E-state index in [9.17, 15) is 4.79 Å². The minimum absolute atomic E-state index is 0.0409. The molecule has 0 bridgehead atoms. The number of aryl methyl sites for hydroxylation is 1. The first kappa shape index (κ1) is 16.3. The maximum atomic E-state index is 11.2. The van der Waals surface area contributed by atoms with Crippen LogP contribution in [0.15, 0.2) is 30.5 Å². The number of rotatable bonds is 6. The molecule has 2 atom stereocenters. The lowest BCUT2D eigenvalue weighted by molar-refractivity contribution is -0.128. The number of hydrogen-bond acceptors (Lipinski definition) is 6. The number of carbonyl (C=O) groups excluding carboxylic acids is 1. The van der Waals surface area contributed by atoms with E-state index < -0.39 is 12.0 Å².